The maximum Gasteiger partial charge on any atom is 0.289 e. The lowest BCUT2D eigenvalue weighted by atomic mass is 10.1. The van der Waals surface area contributed by atoms with Gasteiger partial charge in [0.25, 0.3) is 5.91 Å². The molecule has 0 saturated carbocycles. The van der Waals surface area contributed by atoms with Gasteiger partial charge in [-0.25, -0.2) is 4.68 Å². The molecule has 0 unspecified atom stereocenters. The van der Waals surface area contributed by atoms with Crippen LogP contribution < -0.4 is 0 Å². The van der Waals surface area contributed by atoms with Crippen LogP contribution in [-0.4, -0.2) is 51.7 Å². The average molecular weight is 378 g/mol. The molecule has 6 heteroatoms. The normalized spacial score (nSPS) is 15.6. The van der Waals surface area contributed by atoms with Gasteiger partial charge in [0.2, 0.25) is 0 Å². The lowest BCUT2D eigenvalue weighted by Crippen LogP contribution is -2.35. The largest absolute Gasteiger partial charge is 0.459 e. The number of aromatic nitrogens is 2. The van der Waals surface area contributed by atoms with Crippen molar-refractivity contribution in [2.24, 2.45) is 0 Å². The van der Waals surface area contributed by atoms with Crippen molar-refractivity contribution >= 4 is 5.91 Å². The van der Waals surface area contributed by atoms with Gasteiger partial charge in [0.15, 0.2) is 5.76 Å². The van der Waals surface area contributed by atoms with Gasteiger partial charge < -0.3 is 9.32 Å². The van der Waals surface area contributed by atoms with Crippen molar-refractivity contribution in [3.8, 4) is 5.69 Å². The summed E-state index contributed by atoms with van der Waals surface area (Å²) < 4.78 is 7.30. The molecule has 146 valence electrons. The van der Waals surface area contributed by atoms with Crippen LogP contribution in [0.5, 0.6) is 0 Å². The van der Waals surface area contributed by atoms with Crippen LogP contribution in [-0.2, 0) is 6.54 Å². The van der Waals surface area contributed by atoms with Crippen molar-refractivity contribution in [2.75, 3.05) is 26.2 Å². The first-order valence-corrected chi connectivity index (χ1v) is 9.79. The number of para-hydroxylation sites is 1. The van der Waals surface area contributed by atoms with E-state index in [1.165, 1.54) is 11.3 Å². The van der Waals surface area contributed by atoms with Crippen LogP contribution in [0.2, 0.25) is 0 Å². The molecule has 0 atom stereocenters. The topological polar surface area (TPSA) is 54.5 Å². The molecule has 0 aliphatic carbocycles. The van der Waals surface area contributed by atoms with E-state index in [1.54, 1.807) is 18.4 Å². The highest BCUT2D eigenvalue weighted by Crippen LogP contribution is 2.20. The van der Waals surface area contributed by atoms with E-state index in [0.717, 1.165) is 44.0 Å². The Labute approximate surface area is 165 Å². The second kappa shape index (κ2) is 8.02. The maximum absolute atomic E-state index is 12.5. The smallest absolute Gasteiger partial charge is 0.289 e. The maximum atomic E-state index is 12.5. The first kappa shape index (κ1) is 18.5. The number of hydrogen-bond acceptors (Lipinski definition) is 4. The van der Waals surface area contributed by atoms with E-state index in [9.17, 15) is 4.79 Å². The third-order valence-corrected chi connectivity index (χ3v) is 5.43. The van der Waals surface area contributed by atoms with Crippen LogP contribution >= 0.6 is 0 Å². The number of hydrogen-bond donors (Lipinski definition) is 0. The molecule has 1 aliphatic rings. The highest BCUT2D eigenvalue weighted by molar-refractivity contribution is 5.91. The fourth-order valence-corrected chi connectivity index (χ4v) is 3.84. The highest BCUT2D eigenvalue weighted by atomic mass is 16.3. The third kappa shape index (κ3) is 3.73. The lowest BCUT2D eigenvalue weighted by Gasteiger charge is -2.21. The standard InChI is InChI=1S/C22H26N4O2/c1-17-20(18(2)26(23-17)19-8-4-3-5-9-19)16-24-11-7-12-25(14-13-24)22(27)21-10-6-15-28-21/h3-6,8-10,15H,7,11-14,16H2,1-2H3. The van der Waals surface area contributed by atoms with Crippen molar-refractivity contribution in [3.63, 3.8) is 0 Å². The van der Waals surface area contributed by atoms with Gasteiger partial charge in [-0.2, -0.15) is 5.10 Å². The molecule has 1 amide bonds. The van der Waals surface area contributed by atoms with Gasteiger partial charge in [-0.1, -0.05) is 18.2 Å². The molecule has 1 aliphatic heterocycles. The van der Waals surface area contributed by atoms with E-state index in [-0.39, 0.29) is 5.91 Å². The molecule has 2 aromatic heterocycles. The summed E-state index contributed by atoms with van der Waals surface area (Å²) >= 11 is 0. The number of furan rings is 1. The van der Waals surface area contributed by atoms with Gasteiger partial charge in [0.1, 0.15) is 0 Å². The molecule has 0 bridgehead atoms. The summed E-state index contributed by atoms with van der Waals surface area (Å²) in [6.45, 7) is 8.35. The van der Waals surface area contributed by atoms with Crippen molar-refractivity contribution in [2.45, 2.75) is 26.8 Å². The monoisotopic (exact) mass is 378 g/mol. The quantitative estimate of drug-likeness (QED) is 0.698. The zero-order chi connectivity index (χ0) is 19.5. The Morgan fingerprint density at radius 1 is 1.04 bits per heavy atom. The Hall–Kier alpha value is -2.86. The highest BCUT2D eigenvalue weighted by Gasteiger charge is 2.23. The van der Waals surface area contributed by atoms with Crippen molar-refractivity contribution in [1.29, 1.82) is 0 Å². The van der Waals surface area contributed by atoms with Gasteiger partial charge in [-0.3, -0.25) is 9.69 Å². The Morgan fingerprint density at radius 2 is 1.86 bits per heavy atom. The second-order valence-corrected chi connectivity index (χ2v) is 7.30. The van der Waals surface area contributed by atoms with E-state index in [2.05, 4.69) is 30.9 Å². The van der Waals surface area contributed by atoms with E-state index in [1.807, 2.05) is 27.8 Å². The summed E-state index contributed by atoms with van der Waals surface area (Å²) in [5.41, 5.74) is 4.60. The molecule has 3 aromatic rings. The Morgan fingerprint density at radius 3 is 2.61 bits per heavy atom. The summed E-state index contributed by atoms with van der Waals surface area (Å²) in [6, 6.07) is 13.7. The van der Waals surface area contributed by atoms with Crippen LogP contribution in [0.1, 0.15) is 33.9 Å². The van der Waals surface area contributed by atoms with E-state index < -0.39 is 0 Å². The van der Waals surface area contributed by atoms with E-state index in [0.29, 0.717) is 12.3 Å². The SMILES string of the molecule is Cc1nn(-c2ccccc2)c(C)c1CN1CCCN(C(=O)c2ccco2)CC1. The Kier molecular flexibility index (Phi) is 5.30. The Balaban J connectivity index is 1.45. The first-order valence-electron chi connectivity index (χ1n) is 9.79. The molecule has 6 nitrogen and oxygen atoms in total. The van der Waals surface area contributed by atoms with E-state index >= 15 is 0 Å². The minimum Gasteiger partial charge on any atom is -0.459 e. The molecule has 1 fully saturated rings. The number of nitrogens with zero attached hydrogens (tertiary/aromatic N) is 4. The molecule has 1 aromatic carbocycles. The van der Waals surface area contributed by atoms with Crippen molar-refractivity contribution in [1.82, 2.24) is 19.6 Å². The van der Waals surface area contributed by atoms with Crippen LogP contribution in [0, 0.1) is 13.8 Å². The van der Waals surface area contributed by atoms with E-state index in [4.69, 9.17) is 9.52 Å². The molecule has 1 saturated heterocycles. The molecule has 28 heavy (non-hydrogen) atoms. The number of amides is 1. The number of carbonyl (C=O) groups is 1. The van der Waals surface area contributed by atoms with Gasteiger partial charge in [0, 0.05) is 44.0 Å². The molecule has 0 N–H and O–H groups in total. The predicted octanol–water partition coefficient (Wildman–Crippen LogP) is 3.43. The molecule has 4 rings (SSSR count). The average Bonchev–Trinajstić information content (AvgIpc) is 3.27. The summed E-state index contributed by atoms with van der Waals surface area (Å²) in [4.78, 5) is 16.9. The summed E-state index contributed by atoms with van der Waals surface area (Å²) in [6.07, 6.45) is 2.50. The number of carbonyl (C=O) groups excluding carboxylic acids is 1. The fourth-order valence-electron chi connectivity index (χ4n) is 3.84. The molecule has 3 heterocycles. The molecule has 0 radical (unpaired) electrons. The summed E-state index contributed by atoms with van der Waals surface area (Å²) in [7, 11) is 0. The van der Waals surface area contributed by atoms with Gasteiger partial charge >= 0.3 is 0 Å². The van der Waals surface area contributed by atoms with Crippen molar-refractivity contribution in [3.05, 3.63) is 71.4 Å². The summed E-state index contributed by atoms with van der Waals surface area (Å²) in [5.74, 6) is 0.403. The second-order valence-electron chi connectivity index (χ2n) is 7.30. The van der Waals surface area contributed by atoms with Gasteiger partial charge in [0.05, 0.1) is 17.6 Å². The van der Waals surface area contributed by atoms with Gasteiger partial charge in [-0.05, 0) is 44.5 Å². The predicted molar refractivity (Wildman–Crippen MR) is 108 cm³/mol. The lowest BCUT2D eigenvalue weighted by molar-refractivity contribution is 0.0729. The molecular formula is C22H26N4O2. The fraction of sp³-hybridized carbons (Fsp3) is 0.364. The van der Waals surface area contributed by atoms with Crippen molar-refractivity contribution < 1.29 is 9.21 Å². The minimum atomic E-state index is -0.0175. The number of aryl methyl sites for hydroxylation is 1. The number of rotatable bonds is 4. The number of benzene rings is 1. The van der Waals surface area contributed by atoms with Crippen LogP contribution in [0.15, 0.2) is 53.1 Å². The Bertz CT molecular complexity index is 931. The van der Waals surface area contributed by atoms with Gasteiger partial charge in [-0.15, -0.1) is 0 Å². The zero-order valence-electron chi connectivity index (χ0n) is 16.5. The summed E-state index contributed by atoms with van der Waals surface area (Å²) in [5, 5.41) is 4.76. The van der Waals surface area contributed by atoms with Crippen LogP contribution in [0.3, 0.4) is 0 Å². The third-order valence-electron chi connectivity index (χ3n) is 5.43. The molecule has 0 spiro atoms. The minimum absolute atomic E-state index is 0.0175. The molecular weight excluding hydrogens is 352 g/mol. The van der Waals surface area contributed by atoms with Crippen LogP contribution in [0.25, 0.3) is 5.69 Å². The zero-order valence-corrected chi connectivity index (χ0v) is 16.5. The first-order chi connectivity index (χ1) is 13.6. The van der Waals surface area contributed by atoms with Crippen LogP contribution in [0.4, 0.5) is 0 Å².